The zero-order valence-electron chi connectivity index (χ0n) is 22.3. The summed E-state index contributed by atoms with van der Waals surface area (Å²) in [6.45, 7) is 6.87. The number of anilines is 1. The Kier molecular flexibility index (Phi) is 9.40. The largest absolute Gasteiger partial charge is 0.489 e. The van der Waals surface area contributed by atoms with Gasteiger partial charge in [0.2, 0.25) is 11.8 Å². The third-order valence-electron chi connectivity index (χ3n) is 7.88. The molecule has 2 saturated heterocycles. The Morgan fingerprint density at radius 2 is 1.90 bits per heavy atom. The van der Waals surface area contributed by atoms with Crippen LogP contribution in [-0.2, 0) is 22.7 Å². The highest BCUT2D eigenvalue weighted by atomic mass is 35.5. The molecule has 0 aliphatic carbocycles. The molecular weight excluding hydrogens is 514 g/mol. The van der Waals surface area contributed by atoms with Gasteiger partial charge in [-0.3, -0.25) is 9.59 Å². The van der Waals surface area contributed by atoms with Crippen molar-refractivity contribution in [1.82, 2.24) is 20.9 Å². The maximum atomic E-state index is 13.1. The minimum absolute atomic E-state index is 0.00291. The van der Waals surface area contributed by atoms with E-state index >= 15 is 0 Å². The fraction of sp³-hybridized carbons (Fsp3) is 0.467. The van der Waals surface area contributed by atoms with Gasteiger partial charge in [0.05, 0.1) is 6.54 Å². The summed E-state index contributed by atoms with van der Waals surface area (Å²) >= 11 is 6.24. The number of hydrogen-bond donors (Lipinski definition) is 3. The van der Waals surface area contributed by atoms with Crippen LogP contribution in [0.3, 0.4) is 0 Å². The van der Waals surface area contributed by atoms with E-state index in [1.807, 2.05) is 41.3 Å². The minimum atomic E-state index is 0.00291. The van der Waals surface area contributed by atoms with E-state index in [4.69, 9.17) is 16.3 Å². The van der Waals surface area contributed by atoms with Crippen molar-refractivity contribution >= 4 is 29.1 Å². The second-order valence-electron chi connectivity index (χ2n) is 10.5. The summed E-state index contributed by atoms with van der Waals surface area (Å²) in [5.74, 6) is 1.17. The fourth-order valence-corrected chi connectivity index (χ4v) is 5.83. The molecular formula is C30H38ClN5O3. The first-order chi connectivity index (χ1) is 19.1. The molecule has 0 aromatic heterocycles. The first kappa shape index (κ1) is 27.5. The molecule has 0 unspecified atom stereocenters. The van der Waals surface area contributed by atoms with Crippen LogP contribution in [0.15, 0.2) is 54.6 Å². The molecule has 2 aromatic carbocycles. The molecule has 3 aliphatic rings. The van der Waals surface area contributed by atoms with Crippen molar-refractivity contribution in [2.24, 2.45) is 11.8 Å². The molecule has 3 heterocycles. The van der Waals surface area contributed by atoms with Crippen molar-refractivity contribution in [2.75, 3.05) is 57.3 Å². The van der Waals surface area contributed by atoms with Crippen LogP contribution in [-0.4, -0.2) is 69.1 Å². The molecule has 2 amide bonds. The smallest absolute Gasteiger partial charge is 0.236 e. The van der Waals surface area contributed by atoms with Gasteiger partial charge in [-0.2, -0.15) is 0 Å². The normalized spacial score (nSPS) is 22.9. The molecule has 3 N–H and O–H groups in total. The highest BCUT2D eigenvalue weighted by molar-refractivity contribution is 6.31. The van der Waals surface area contributed by atoms with Crippen molar-refractivity contribution in [2.45, 2.75) is 25.9 Å². The lowest BCUT2D eigenvalue weighted by atomic mass is 9.82. The summed E-state index contributed by atoms with van der Waals surface area (Å²) in [6.07, 6.45) is 5.37. The lowest BCUT2D eigenvalue weighted by Crippen LogP contribution is -2.47. The van der Waals surface area contributed by atoms with Gasteiger partial charge in [-0.05, 0) is 48.1 Å². The van der Waals surface area contributed by atoms with Gasteiger partial charge in [0, 0.05) is 75.1 Å². The van der Waals surface area contributed by atoms with Crippen LogP contribution in [0.1, 0.15) is 24.0 Å². The van der Waals surface area contributed by atoms with Gasteiger partial charge in [0.25, 0.3) is 0 Å². The zero-order chi connectivity index (χ0) is 27.0. The highest BCUT2D eigenvalue weighted by Crippen LogP contribution is 2.29. The van der Waals surface area contributed by atoms with Gasteiger partial charge in [0.15, 0.2) is 0 Å². The standard InChI is InChI=1S/C30H38ClN5O3/c31-27-6-2-1-4-23(27)19-34-29(37)17-22-9-12-36-21-24(22)5-3-15-39-28-8-7-26(35-13-10-32-11-14-35)16-25(28)18-33-20-30(36)38/h1-8,16,22,24,32-33H,9-15,17-21H2,(H,34,37)/b5-3-/t22-,24-/m0/s1. The molecule has 0 radical (unpaired) electrons. The molecule has 5 rings (SSSR count). The monoisotopic (exact) mass is 551 g/mol. The number of hydrogen-bond acceptors (Lipinski definition) is 6. The SMILES string of the molecule is O=C(C[C@@H]1CCN2C[C@@H]1/C=C\COc1ccc(N3CCNCC3)cc1CNCC2=O)NCc1ccccc1Cl. The van der Waals surface area contributed by atoms with Gasteiger partial charge >= 0.3 is 0 Å². The van der Waals surface area contributed by atoms with Gasteiger partial charge in [-0.25, -0.2) is 0 Å². The van der Waals surface area contributed by atoms with Crippen molar-refractivity contribution in [1.29, 1.82) is 0 Å². The van der Waals surface area contributed by atoms with Crippen molar-refractivity contribution in [3.63, 3.8) is 0 Å². The molecule has 3 aliphatic heterocycles. The van der Waals surface area contributed by atoms with Crippen LogP contribution >= 0.6 is 11.6 Å². The van der Waals surface area contributed by atoms with E-state index in [1.54, 1.807) is 0 Å². The van der Waals surface area contributed by atoms with Crippen molar-refractivity contribution in [3.8, 4) is 5.75 Å². The molecule has 39 heavy (non-hydrogen) atoms. The van der Waals surface area contributed by atoms with Crippen molar-refractivity contribution in [3.05, 3.63) is 70.8 Å². The zero-order valence-corrected chi connectivity index (χ0v) is 23.1. The van der Waals surface area contributed by atoms with Crippen LogP contribution < -0.4 is 25.6 Å². The molecule has 2 fully saturated rings. The maximum Gasteiger partial charge on any atom is 0.236 e. The van der Waals surface area contributed by atoms with E-state index in [1.165, 1.54) is 5.69 Å². The summed E-state index contributed by atoms with van der Waals surface area (Å²) in [6, 6.07) is 13.9. The highest BCUT2D eigenvalue weighted by Gasteiger charge is 2.31. The summed E-state index contributed by atoms with van der Waals surface area (Å²) in [7, 11) is 0. The summed E-state index contributed by atoms with van der Waals surface area (Å²) < 4.78 is 6.18. The van der Waals surface area contributed by atoms with E-state index in [2.05, 4.69) is 39.1 Å². The van der Waals surface area contributed by atoms with Crippen LogP contribution in [0, 0.1) is 11.8 Å². The number of nitrogens with one attached hydrogen (secondary N) is 3. The topological polar surface area (TPSA) is 85.9 Å². The maximum absolute atomic E-state index is 13.1. The van der Waals surface area contributed by atoms with E-state index in [-0.39, 0.29) is 30.2 Å². The predicted molar refractivity (Wildman–Crippen MR) is 154 cm³/mol. The summed E-state index contributed by atoms with van der Waals surface area (Å²) in [5.41, 5.74) is 3.14. The van der Waals surface area contributed by atoms with Crippen LogP contribution in [0.2, 0.25) is 5.02 Å². The number of carbonyl (C=O) groups excluding carboxylic acids is 2. The number of nitrogens with zero attached hydrogens (tertiary/aromatic N) is 2. The van der Waals surface area contributed by atoms with Gasteiger partial charge in [-0.15, -0.1) is 0 Å². The van der Waals surface area contributed by atoms with E-state index in [9.17, 15) is 9.59 Å². The molecule has 9 heteroatoms. The number of fused-ring (bicyclic) bond motifs is 3. The average Bonchev–Trinajstić information content (AvgIpc) is 2.97. The van der Waals surface area contributed by atoms with E-state index in [0.717, 1.165) is 49.5 Å². The number of piperazine rings is 1. The lowest BCUT2D eigenvalue weighted by molar-refractivity contribution is -0.132. The molecule has 8 nitrogen and oxygen atoms in total. The molecule has 208 valence electrons. The summed E-state index contributed by atoms with van der Waals surface area (Å²) in [4.78, 5) is 30.2. The third-order valence-corrected chi connectivity index (χ3v) is 8.25. The third kappa shape index (κ3) is 7.32. The van der Waals surface area contributed by atoms with Crippen molar-refractivity contribution < 1.29 is 14.3 Å². The minimum Gasteiger partial charge on any atom is -0.489 e. The number of halogens is 1. The van der Waals surface area contributed by atoms with Crippen LogP contribution in [0.25, 0.3) is 0 Å². The Labute approximate surface area is 235 Å². The van der Waals surface area contributed by atoms with Crippen LogP contribution in [0.4, 0.5) is 5.69 Å². The Balaban J connectivity index is 1.24. The van der Waals surface area contributed by atoms with Gasteiger partial charge < -0.3 is 30.5 Å². The second kappa shape index (κ2) is 13.3. The van der Waals surface area contributed by atoms with E-state index < -0.39 is 0 Å². The Hall–Kier alpha value is -3.07. The molecule has 2 aromatic rings. The molecule has 2 bridgehead atoms. The van der Waals surface area contributed by atoms with Gasteiger partial charge in [-0.1, -0.05) is 42.0 Å². The first-order valence-electron chi connectivity index (χ1n) is 13.9. The lowest BCUT2D eigenvalue weighted by Gasteiger charge is -2.37. The molecule has 0 spiro atoms. The first-order valence-corrected chi connectivity index (χ1v) is 14.3. The number of ether oxygens (including phenoxy) is 1. The fourth-order valence-electron chi connectivity index (χ4n) is 5.62. The predicted octanol–water partition coefficient (Wildman–Crippen LogP) is 2.96. The quantitative estimate of drug-likeness (QED) is 0.496. The number of piperidine rings is 1. The average molecular weight is 552 g/mol. The number of benzene rings is 2. The Morgan fingerprint density at radius 3 is 2.74 bits per heavy atom. The Morgan fingerprint density at radius 1 is 1.05 bits per heavy atom. The second-order valence-corrected chi connectivity index (χ2v) is 10.9. The van der Waals surface area contributed by atoms with E-state index in [0.29, 0.717) is 44.2 Å². The van der Waals surface area contributed by atoms with Crippen LogP contribution in [0.5, 0.6) is 5.75 Å². The number of amides is 2. The molecule has 0 saturated carbocycles. The van der Waals surface area contributed by atoms with Gasteiger partial charge in [0.1, 0.15) is 12.4 Å². The number of rotatable bonds is 5. The molecule has 2 atom stereocenters. The Bertz CT molecular complexity index is 1180. The number of carbonyl (C=O) groups is 2. The summed E-state index contributed by atoms with van der Waals surface area (Å²) in [5, 5.41) is 10.4.